The molecule has 9 heavy (non-hydrogen) atoms. The van der Waals surface area contributed by atoms with Gasteiger partial charge >= 0.3 is 22.9 Å². The number of hydrogen-bond donors (Lipinski definition) is 3. The van der Waals surface area contributed by atoms with Crippen molar-refractivity contribution in [2.75, 3.05) is 7.05 Å². The summed E-state index contributed by atoms with van der Waals surface area (Å²) in [5, 5.41) is 2.54. The molecule has 0 saturated carbocycles. The number of aliphatic imine (C=N–C) groups is 1. The van der Waals surface area contributed by atoms with Crippen LogP contribution < -0.4 is 39.6 Å². The molecule has 0 saturated heterocycles. The van der Waals surface area contributed by atoms with Gasteiger partial charge in [0.2, 0.25) is 5.96 Å². The molecule has 0 spiro atoms. The van der Waals surface area contributed by atoms with E-state index >= 15 is 0 Å². The van der Waals surface area contributed by atoms with Gasteiger partial charge in [-0.1, -0.05) is 0 Å². The lowest BCUT2D eigenvalue weighted by atomic mass is 10.9. The summed E-state index contributed by atoms with van der Waals surface area (Å²) in [5.74, 6) is 0.530. The highest BCUT2D eigenvalue weighted by Crippen LogP contribution is 1.55. The first-order chi connectivity index (χ1) is 4.20. The fourth-order valence-corrected chi connectivity index (χ4v) is 0.340. The largest absolute Gasteiger partial charge is 0.432 e. The summed E-state index contributed by atoms with van der Waals surface area (Å²) in [5.41, 5.74) is 10.5. The minimum Gasteiger partial charge on any atom is -0.370 e. The van der Waals surface area contributed by atoms with E-state index in [4.69, 9.17) is 11.5 Å². The molecule has 0 amide bonds. The summed E-state index contributed by atoms with van der Waals surface area (Å²) >= 11 is 1.50. The topological polar surface area (TPSA) is 88.8 Å². The van der Waals surface area contributed by atoms with Gasteiger partial charge in [-0.05, 0) is 0 Å². The lowest BCUT2D eigenvalue weighted by molar-refractivity contribution is -0.372. The number of guanidine groups is 2. The molecule has 0 aromatic carbocycles. The van der Waals surface area contributed by atoms with Crippen molar-refractivity contribution in [3.05, 3.63) is 0 Å². The van der Waals surface area contributed by atoms with Gasteiger partial charge in [0.15, 0.2) is 5.96 Å². The number of rotatable bonds is 0. The lowest BCUT2D eigenvalue weighted by Crippen LogP contribution is -3.30. The van der Waals surface area contributed by atoms with Crippen molar-refractivity contribution in [3.8, 4) is 0 Å². The molecule has 0 aliphatic rings. The Labute approximate surface area is 67.1 Å². The SMILES string of the molecule is CN=C(N)NC(N)=N[IH+]. The molecule has 0 aliphatic heterocycles. The quantitative estimate of drug-likeness (QED) is 0.226. The van der Waals surface area contributed by atoms with Crippen molar-refractivity contribution >= 4 is 11.9 Å². The van der Waals surface area contributed by atoms with E-state index in [1.54, 1.807) is 7.05 Å². The summed E-state index contributed by atoms with van der Waals surface area (Å²) in [4.78, 5) is 3.60. The molecule has 0 atom stereocenters. The molecule has 0 bridgehead atoms. The molecule has 0 radical (unpaired) electrons. The van der Waals surface area contributed by atoms with Crippen molar-refractivity contribution in [3.63, 3.8) is 0 Å². The minimum atomic E-state index is 0.264. The number of nitrogens with one attached hydrogen (secondary N) is 1. The van der Waals surface area contributed by atoms with Gasteiger partial charge in [0.25, 0.3) is 0 Å². The Hall–Kier alpha value is -0.530. The second-order valence-corrected chi connectivity index (χ2v) is 1.73. The predicted molar refractivity (Wildman–Crippen MR) is 33.7 cm³/mol. The highest BCUT2D eigenvalue weighted by molar-refractivity contribution is 5.96. The first kappa shape index (κ1) is 8.47. The Kier molecular flexibility index (Phi) is 4.10. The molecule has 52 valence electrons. The first-order valence-electron chi connectivity index (χ1n) is 2.15. The average Bonchev–Trinajstić information content (AvgIpc) is 1.87. The average molecular weight is 242 g/mol. The molecule has 0 fully saturated rings. The number of hydrogen-bond acceptors (Lipinski definition) is 2. The highest BCUT2D eigenvalue weighted by Gasteiger charge is 1.92. The molecule has 0 aromatic rings. The van der Waals surface area contributed by atoms with Gasteiger partial charge < -0.3 is 11.5 Å². The summed E-state index contributed by atoms with van der Waals surface area (Å²) in [6.07, 6.45) is 0. The van der Waals surface area contributed by atoms with Crippen LogP contribution in [-0.2, 0) is 0 Å². The van der Waals surface area contributed by atoms with E-state index in [-0.39, 0.29) is 11.9 Å². The monoisotopic (exact) mass is 242 g/mol. The maximum Gasteiger partial charge on any atom is 0.432 e. The fourth-order valence-electron chi connectivity index (χ4n) is 0.210. The lowest BCUT2D eigenvalue weighted by Gasteiger charge is -1.97. The number of nitrogens with two attached hydrogens (primary N) is 2. The van der Waals surface area contributed by atoms with Gasteiger partial charge in [-0.15, -0.1) is 0 Å². The normalized spacial score (nSPS) is 13.6. The Morgan fingerprint density at radius 3 is 2.33 bits per heavy atom. The Morgan fingerprint density at radius 1 is 1.44 bits per heavy atom. The molecule has 0 heterocycles. The predicted octanol–water partition coefficient (Wildman–Crippen LogP) is -4.96. The van der Waals surface area contributed by atoms with Gasteiger partial charge in [-0.2, -0.15) is 0 Å². The minimum absolute atomic E-state index is 0.264. The van der Waals surface area contributed by atoms with Gasteiger partial charge in [0, 0.05) is 10.3 Å². The van der Waals surface area contributed by atoms with E-state index in [2.05, 4.69) is 13.5 Å². The van der Waals surface area contributed by atoms with E-state index in [1.165, 1.54) is 22.9 Å². The molecule has 5 N–H and O–H groups in total. The molecule has 5 nitrogen and oxygen atoms in total. The standard InChI is InChI=1S/C3H9IN5/c1-7-2(5)8-3(6)9-4/h4H,1H3,(H5,5,6,7,8,9)/q+1. The Bertz CT molecular complexity index is 123. The fraction of sp³-hybridized carbons (Fsp3) is 0.333. The summed E-state index contributed by atoms with van der Waals surface area (Å²) in [6, 6.07) is 0. The second-order valence-electron chi connectivity index (χ2n) is 1.21. The van der Waals surface area contributed by atoms with Crippen LogP contribution in [0.4, 0.5) is 0 Å². The van der Waals surface area contributed by atoms with Crippen LogP contribution in [0.3, 0.4) is 0 Å². The van der Waals surface area contributed by atoms with Crippen LogP contribution in [0.5, 0.6) is 0 Å². The summed E-state index contributed by atoms with van der Waals surface area (Å²) in [6.45, 7) is 0. The van der Waals surface area contributed by atoms with E-state index < -0.39 is 0 Å². The van der Waals surface area contributed by atoms with Crippen LogP contribution in [0.2, 0.25) is 0 Å². The Morgan fingerprint density at radius 2 is 2.00 bits per heavy atom. The van der Waals surface area contributed by atoms with Crippen LogP contribution in [0.15, 0.2) is 8.20 Å². The van der Waals surface area contributed by atoms with Crippen molar-refractivity contribution in [2.24, 2.45) is 19.7 Å². The van der Waals surface area contributed by atoms with Crippen LogP contribution in [0.1, 0.15) is 0 Å². The molecular weight excluding hydrogens is 233 g/mol. The van der Waals surface area contributed by atoms with E-state index in [0.717, 1.165) is 0 Å². The van der Waals surface area contributed by atoms with Crippen molar-refractivity contribution < 1.29 is 22.9 Å². The van der Waals surface area contributed by atoms with Crippen molar-refractivity contribution in [2.45, 2.75) is 0 Å². The van der Waals surface area contributed by atoms with E-state index in [1.807, 2.05) is 0 Å². The molecule has 0 rings (SSSR count). The highest BCUT2D eigenvalue weighted by atomic mass is 127. The van der Waals surface area contributed by atoms with Gasteiger partial charge in [0.05, 0.1) is 0 Å². The zero-order valence-electron chi connectivity index (χ0n) is 4.96. The number of nitrogens with zero attached hydrogens (tertiary/aromatic N) is 2. The van der Waals surface area contributed by atoms with Gasteiger partial charge in [-0.25, -0.2) is 0 Å². The zero-order valence-corrected chi connectivity index (χ0v) is 7.29. The van der Waals surface area contributed by atoms with Crippen LogP contribution in [0.25, 0.3) is 0 Å². The van der Waals surface area contributed by atoms with Crippen molar-refractivity contribution in [1.82, 2.24) is 5.32 Å². The molecule has 0 aromatic heterocycles. The molecule has 0 unspecified atom stereocenters. The first-order valence-corrected chi connectivity index (χ1v) is 3.20. The molecule has 0 aliphatic carbocycles. The third-order valence-corrected chi connectivity index (χ3v) is 1.16. The van der Waals surface area contributed by atoms with Crippen LogP contribution >= 0.6 is 0 Å². The third kappa shape index (κ3) is 4.01. The second kappa shape index (κ2) is 4.36. The van der Waals surface area contributed by atoms with Crippen molar-refractivity contribution in [1.29, 1.82) is 0 Å². The van der Waals surface area contributed by atoms with Crippen LogP contribution in [-0.4, -0.2) is 19.0 Å². The van der Waals surface area contributed by atoms with Gasteiger partial charge in [-0.3, -0.25) is 10.3 Å². The maximum absolute atomic E-state index is 5.23. The zero-order chi connectivity index (χ0) is 7.28. The number of halogens is 1. The Balaban J connectivity index is 3.75. The maximum atomic E-state index is 5.23. The summed E-state index contributed by atoms with van der Waals surface area (Å²) < 4.78 is 3.61. The smallest absolute Gasteiger partial charge is 0.370 e. The summed E-state index contributed by atoms with van der Waals surface area (Å²) in [7, 11) is 1.56. The third-order valence-electron chi connectivity index (χ3n) is 0.595. The molecule has 6 heteroatoms. The van der Waals surface area contributed by atoms with E-state index in [0.29, 0.717) is 0 Å². The van der Waals surface area contributed by atoms with Crippen LogP contribution in [0, 0.1) is 0 Å². The van der Waals surface area contributed by atoms with E-state index in [9.17, 15) is 0 Å². The molecular formula is C3H9IN5+. The van der Waals surface area contributed by atoms with Gasteiger partial charge in [0.1, 0.15) is 0 Å².